The summed E-state index contributed by atoms with van der Waals surface area (Å²) < 4.78 is 5.76. The molecule has 0 saturated carbocycles. The first-order valence-electron chi connectivity index (χ1n) is 9.50. The van der Waals surface area contributed by atoms with Gasteiger partial charge in [-0.05, 0) is 37.6 Å². The molecule has 1 N–H and O–H groups in total. The number of hydrogen-bond donors (Lipinski definition) is 1. The van der Waals surface area contributed by atoms with Crippen LogP contribution in [-0.2, 0) is 10.2 Å². The van der Waals surface area contributed by atoms with Crippen molar-refractivity contribution in [1.29, 1.82) is 0 Å². The first kappa shape index (κ1) is 17.7. The molecule has 0 spiro atoms. The molecule has 4 heteroatoms. The van der Waals surface area contributed by atoms with Gasteiger partial charge in [0.1, 0.15) is 11.4 Å². The van der Waals surface area contributed by atoms with Crippen LogP contribution >= 0.6 is 0 Å². The number of benzene rings is 2. The van der Waals surface area contributed by atoms with Crippen molar-refractivity contribution in [3.63, 3.8) is 0 Å². The highest BCUT2D eigenvalue weighted by atomic mass is 16.5. The minimum absolute atomic E-state index is 0.0528. The van der Waals surface area contributed by atoms with Gasteiger partial charge >= 0.3 is 0 Å². The van der Waals surface area contributed by atoms with Gasteiger partial charge in [-0.15, -0.1) is 0 Å². The van der Waals surface area contributed by atoms with Crippen molar-refractivity contribution in [2.24, 2.45) is 0 Å². The molecule has 1 saturated heterocycles. The van der Waals surface area contributed by atoms with Crippen LogP contribution in [0, 0.1) is 6.92 Å². The average molecular weight is 362 g/mol. The molecular weight excluding hydrogens is 336 g/mol. The molecule has 2 aliphatic rings. The minimum atomic E-state index is -0.584. The third kappa shape index (κ3) is 2.54. The number of amides is 1. The van der Waals surface area contributed by atoms with Gasteiger partial charge in [0.15, 0.2) is 0 Å². The SMILES string of the molecule is CCOc1ccccc1C=C[C@]12NC(=O)CN1c1ccc(C)cc1C2(C)C. The fourth-order valence-electron chi connectivity index (χ4n) is 4.40. The highest BCUT2D eigenvalue weighted by Gasteiger charge is 2.59. The maximum atomic E-state index is 12.4. The van der Waals surface area contributed by atoms with Crippen molar-refractivity contribution in [2.45, 2.75) is 38.8 Å². The van der Waals surface area contributed by atoms with Crippen LogP contribution < -0.4 is 15.0 Å². The lowest BCUT2D eigenvalue weighted by atomic mass is 9.75. The topological polar surface area (TPSA) is 41.6 Å². The van der Waals surface area contributed by atoms with Crippen molar-refractivity contribution in [1.82, 2.24) is 5.32 Å². The lowest BCUT2D eigenvalue weighted by Crippen LogP contribution is -2.58. The highest BCUT2D eigenvalue weighted by molar-refractivity contribution is 5.91. The van der Waals surface area contributed by atoms with Crippen LogP contribution in [0.5, 0.6) is 5.75 Å². The fourth-order valence-corrected chi connectivity index (χ4v) is 4.40. The van der Waals surface area contributed by atoms with E-state index in [1.807, 2.05) is 31.2 Å². The summed E-state index contributed by atoms with van der Waals surface area (Å²) in [4.78, 5) is 14.6. The van der Waals surface area contributed by atoms with Crippen LogP contribution in [0.2, 0.25) is 0 Å². The van der Waals surface area contributed by atoms with Crippen LogP contribution in [-0.4, -0.2) is 24.7 Å². The van der Waals surface area contributed by atoms with Gasteiger partial charge < -0.3 is 15.0 Å². The summed E-state index contributed by atoms with van der Waals surface area (Å²) in [5.74, 6) is 0.907. The number of para-hydroxylation sites is 1. The van der Waals surface area contributed by atoms with E-state index in [0.717, 1.165) is 17.0 Å². The molecule has 2 aromatic carbocycles. The van der Waals surface area contributed by atoms with Gasteiger partial charge in [-0.25, -0.2) is 0 Å². The Bertz CT molecular complexity index is 932. The van der Waals surface area contributed by atoms with E-state index in [-0.39, 0.29) is 11.3 Å². The standard InChI is InChI=1S/C23H26N2O2/c1-5-27-20-9-7-6-8-17(20)12-13-23-22(3,4)18-14-16(2)10-11-19(18)25(23)15-21(26)24-23/h6-14H,5,15H2,1-4H3,(H,24,26)/t23-/m0/s1. The van der Waals surface area contributed by atoms with Gasteiger partial charge in [0.05, 0.1) is 13.2 Å². The second-order valence-corrected chi connectivity index (χ2v) is 7.85. The van der Waals surface area contributed by atoms with Gasteiger partial charge in [-0.2, -0.15) is 0 Å². The Morgan fingerprint density at radius 1 is 1.22 bits per heavy atom. The number of carbonyl (C=O) groups excluding carboxylic acids is 1. The van der Waals surface area contributed by atoms with E-state index in [9.17, 15) is 4.79 Å². The maximum absolute atomic E-state index is 12.4. The molecule has 1 fully saturated rings. The molecule has 0 aromatic heterocycles. The van der Waals surface area contributed by atoms with Crippen molar-refractivity contribution < 1.29 is 9.53 Å². The first-order chi connectivity index (χ1) is 12.9. The Balaban J connectivity index is 1.82. The van der Waals surface area contributed by atoms with Gasteiger partial charge in [0.2, 0.25) is 5.91 Å². The van der Waals surface area contributed by atoms with E-state index in [0.29, 0.717) is 13.2 Å². The molecule has 0 unspecified atom stereocenters. The largest absolute Gasteiger partial charge is 0.493 e. The zero-order valence-electron chi connectivity index (χ0n) is 16.4. The predicted molar refractivity (Wildman–Crippen MR) is 109 cm³/mol. The predicted octanol–water partition coefficient (Wildman–Crippen LogP) is 4.03. The van der Waals surface area contributed by atoms with E-state index in [1.54, 1.807) is 0 Å². The highest BCUT2D eigenvalue weighted by Crippen LogP contribution is 2.53. The number of carbonyl (C=O) groups is 1. The zero-order valence-corrected chi connectivity index (χ0v) is 16.4. The molecule has 2 aromatic rings. The van der Waals surface area contributed by atoms with Gasteiger partial charge in [-0.1, -0.05) is 55.8 Å². The summed E-state index contributed by atoms with van der Waals surface area (Å²) in [6.07, 6.45) is 4.20. The zero-order chi connectivity index (χ0) is 19.2. The Morgan fingerprint density at radius 3 is 2.78 bits per heavy atom. The molecule has 4 rings (SSSR count). The van der Waals surface area contributed by atoms with E-state index in [4.69, 9.17) is 4.74 Å². The Kier molecular flexibility index (Phi) is 4.02. The summed E-state index contributed by atoms with van der Waals surface area (Å²) in [6.45, 7) is 9.49. The van der Waals surface area contributed by atoms with Crippen LogP contribution in [0.4, 0.5) is 5.69 Å². The molecule has 0 aliphatic carbocycles. The summed E-state index contributed by atoms with van der Waals surface area (Å²) >= 11 is 0. The van der Waals surface area contributed by atoms with Gasteiger partial charge in [0, 0.05) is 16.7 Å². The number of ether oxygens (including phenoxy) is 1. The van der Waals surface area contributed by atoms with Crippen LogP contribution in [0.3, 0.4) is 0 Å². The number of aryl methyl sites for hydroxylation is 1. The molecular formula is C23H26N2O2. The Morgan fingerprint density at radius 2 is 2.00 bits per heavy atom. The van der Waals surface area contributed by atoms with E-state index < -0.39 is 5.66 Å². The van der Waals surface area contributed by atoms with Crippen molar-refractivity contribution in [3.8, 4) is 5.75 Å². The number of fused-ring (bicyclic) bond motifs is 3. The molecule has 0 radical (unpaired) electrons. The number of hydrogen-bond acceptors (Lipinski definition) is 3. The summed E-state index contributed by atoms with van der Waals surface area (Å²) in [6, 6.07) is 14.5. The van der Waals surface area contributed by atoms with Crippen molar-refractivity contribution in [3.05, 3.63) is 65.2 Å². The minimum Gasteiger partial charge on any atom is -0.493 e. The van der Waals surface area contributed by atoms with Crippen LogP contribution in [0.15, 0.2) is 48.5 Å². The van der Waals surface area contributed by atoms with Crippen LogP contribution in [0.25, 0.3) is 6.08 Å². The third-order valence-corrected chi connectivity index (χ3v) is 5.85. The summed E-state index contributed by atoms with van der Waals surface area (Å²) in [5, 5.41) is 3.27. The lowest BCUT2D eigenvalue weighted by Gasteiger charge is -2.40. The number of anilines is 1. The molecule has 1 atom stereocenters. The van der Waals surface area contributed by atoms with Crippen LogP contribution in [0.1, 0.15) is 37.5 Å². The second kappa shape index (κ2) is 6.15. The summed E-state index contributed by atoms with van der Waals surface area (Å²) in [7, 11) is 0. The first-order valence-corrected chi connectivity index (χ1v) is 9.50. The van der Waals surface area contributed by atoms with Crippen molar-refractivity contribution in [2.75, 3.05) is 18.1 Å². The smallest absolute Gasteiger partial charge is 0.241 e. The fraction of sp³-hybridized carbons (Fsp3) is 0.348. The quantitative estimate of drug-likeness (QED) is 0.893. The Labute approximate surface area is 160 Å². The summed E-state index contributed by atoms with van der Waals surface area (Å²) in [5.41, 5.74) is 3.79. The number of nitrogens with zero attached hydrogens (tertiary/aromatic N) is 1. The Hall–Kier alpha value is -2.75. The van der Waals surface area contributed by atoms with Gasteiger partial charge in [0.25, 0.3) is 0 Å². The van der Waals surface area contributed by atoms with E-state index >= 15 is 0 Å². The average Bonchev–Trinajstić information content (AvgIpc) is 3.06. The number of rotatable bonds is 4. The number of nitrogens with one attached hydrogen (secondary N) is 1. The third-order valence-electron chi connectivity index (χ3n) is 5.85. The van der Waals surface area contributed by atoms with Crippen molar-refractivity contribution >= 4 is 17.7 Å². The normalized spacial score (nSPS) is 22.7. The second-order valence-electron chi connectivity index (χ2n) is 7.85. The molecule has 2 heterocycles. The monoisotopic (exact) mass is 362 g/mol. The molecule has 27 heavy (non-hydrogen) atoms. The van der Waals surface area contributed by atoms with E-state index in [2.05, 4.69) is 61.3 Å². The van der Waals surface area contributed by atoms with E-state index in [1.165, 1.54) is 11.1 Å². The maximum Gasteiger partial charge on any atom is 0.241 e. The molecule has 4 nitrogen and oxygen atoms in total. The molecule has 1 amide bonds. The van der Waals surface area contributed by atoms with Gasteiger partial charge in [-0.3, -0.25) is 4.79 Å². The molecule has 0 bridgehead atoms. The molecule has 140 valence electrons. The lowest BCUT2D eigenvalue weighted by molar-refractivity contribution is -0.118. The molecule has 2 aliphatic heterocycles.